The fourth-order valence-corrected chi connectivity index (χ4v) is 3.30. The first-order chi connectivity index (χ1) is 9.44. The molecule has 0 saturated carbocycles. The Bertz CT molecular complexity index is 619. The number of hydrazine groups is 1. The molecule has 0 bridgehead atoms. The van der Waals surface area contributed by atoms with Crippen LogP contribution in [0.5, 0.6) is 0 Å². The molecule has 1 fully saturated rings. The van der Waals surface area contributed by atoms with Crippen molar-refractivity contribution in [3.63, 3.8) is 0 Å². The Morgan fingerprint density at radius 2 is 2.10 bits per heavy atom. The number of anilines is 2. The van der Waals surface area contributed by atoms with Gasteiger partial charge >= 0.3 is 5.69 Å². The molecule has 1 aliphatic heterocycles. The molecule has 1 aromatic heterocycles. The standard InChI is InChI=1S/C9H14N6O4S/c10-13-8-7(15(16)17)9(12-6-11-8)14-2-1-4-20(18,19)5-3-14/h6H,1-5,10H2,(H,11,12,13). The monoisotopic (exact) mass is 302 g/mol. The molecule has 0 atom stereocenters. The van der Waals surface area contributed by atoms with Crippen LogP contribution < -0.4 is 16.2 Å². The molecule has 0 spiro atoms. The molecule has 0 amide bonds. The third kappa shape index (κ3) is 2.93. The Kier molecular flexibility index (Phi) is 3.99. The number of nitro groups is 1. The van der Waals surface area contributed by atoms with Gasteiger partial charge in [-0.3, -0.25) is 10.1 Å². The maximum atomic E-state index is 11.6. The van der Waals surface area contributed by atoms with Crippen LogP contribution in [0.3, 0.4) is 0 Å². The number of hydrogen-bond acceptors (Lipinski definition) is 9. The van der Waals surface area contributed by atoms with Crippen LogP contribution in [0.4, 0.5) is 17.3 Å². The zero-order valence-electron chi connectivity index (χ0n) is 10.5. The van der Waals surface area contributed by atoms with Crippen molar-refractivity contribution in [2.24, 2.45) is 5.84 Å². The van der Waals surface area contributed by atoms with E-state index >= 15 is 0 Å². The summed E-state index contributed by atoms with van der Waals surface area (Å²) in [5, 5.41) is 11.1. The van der Waals surface area contributed by atoms with E-state index in [0.29, 0.717) is 13.0 Å². The number of nitrogen functional groups attached to an aromatic ring is 1. The smallest absolute Gasteiger partial charge is 0.350 e. The van der Waals surface area contributed by atoms with Crippen molar-refractivity contribution < 1.29 is 13.3 Å². The van der Waals surface area contributed by atoms with Crippen molar-refractivity contribution in [2.45, 2.75) is 6.42 Å². The highest BCUT2D eigenvalue weighted by atomic mass is 32.2. The second-order valence-electron chi connectivity index (χ2n) is 4.29. The Hall–Kier alpha value is -2.01. The topological polar surface area (TPSA) is 144 Å². The summed E-state index contributed by atoms with van der Waals surface area (Å²) in [6.45, 7) is 0.533. The van der Waals surface area contributed by atoms with Gasteiger partial charge in [0, 0.05) is 13.1 Å². The van der Waals surface area contributed by atoms with E-state index in [2.05, 4.69) is 15.4 Å². The van der Waals surface area contributed by atoms with Crippen molar-refractivity contribution >= 4 is 27.2 Å². The van der Waals surface area contributed by atoms with Crippen molar-refractivity contribution in [3.05, 3.63) is 16.4 Å². The Morgan fingerprint density at radius 3 is 2.75 bits per heavy atom. The summed E-state index contributed by atoms with van der Waals surface area (Å²) in [6.07, 6.45) is 1.55. The van der Waals surface area contributed by atoms with Crippen LogP contribution in [-0.4, -0.2) is 47.9 Å². The van der Waals surface area contributed by atoms with E-state index in [-0.39, 0.29) is 35.4 Å². The van der Waals surface area contributed by atoms with Gasteiger partial charge in [-0.05, 0) is 6.42 Å². The van der Waals surface area contributed by atoms with Crippen LogP contribution >= 0.6 is 0 Å². The lowest BCUT2D eigenvalue weighted by molar-refractivity contribution is -0.383. The molecule has 2 rings (SSSR count). The van der Waals surface area contributed by atoms with Gasteiger partial charge in [0.15, 0.2) is 9.84 Å². The van der Waals surface area contributed by atoms with E-state index in [1.807, 2.05) is 0 Å². The molecule has 3 N–H and O–H groups in total. The molecule has 2 heterocycles. The largest absolute Gasteiger partial charge is 0.354 e. The second kappa shape index (κ2) is 5.54. The zero-order chi connectivity index (χ0) is 14.8. The average molecular weight is 302 g/mol. The van der Waals surface area contributed by atoms with Gasteiger partial charge in [0.05, 0.1) is 16.4 Å². The molecule has 1 saturated heterocycles. The van der Waals surface area contributed by atoms with Gasteiger partial charge in [-0.2, -0.15) is 0 Å². The normalized spacial score (nSPS) is 18.4. The molecule has 10 nitrogen and oxygen atoms in total. The van der Waals surface area contributed by atoms with Gasteiger partial charge in [-0.15, -0.1) is 0 Å². The number of rotatable bonds is 3. The molecule has 0 aliphatic carbocycles. The predicted octanol–water partition coefficient (Wildman–Crippen LogP) is -0.705. The van der Waals surface area contributed by atoms with Crippen molar-refractivity contribution in [2.75, 3.05) is 34.9 Å². The number of hydrogen-bond donors (Lipinski definition) is 2. The summed E-state index contributed by atoms with van der Waals surface area (Å²) < 4.78 is 23.1. The lowest BCUT2D eigenvalue weighted by Crippen LogP contribution is -2.29. The summed E-state index contributed by atoms with van der Waals surface area (Å²) in [7, 11) is -3.10. The lowest BCUT2D eigenvalue weighted by Gasteiger charge is -2.20. The zero-order valence-corrected chi connectivity index (χ0v) is 11.3. The maximum absolute atomic E-state index is 11.6. The Morgan fingerprint density at radius 1 is 1.35 bits per heavy atom. The third-order valence-corrected chi connectivity index (χ3v) is 4.69. The molecule has 1 aromatic rings. The van der Waals surface area contributed by atoms with E-state index in [1.165, 1.54) is 0 Å². The van der Waals surface area contributed by atoms with Crippen molar-refractivity contribution in [1.82, 2.24) is 9.97 Å². The second-order valence-corrected chi connectivity index (χ2v) is 6.59. The number of aromatic nitrogens is 2. The minimum atomic E-state index is -3.10. The first-order valence-electron chi connectivity index (χ1n) is 5.86. The number of nitrogens with one attached hydrogen (secondary N) is 1. The highest BCUT2D eigenvalue weighted by molar-refractivity contribution is 7.91. The highest BCUT2D eigenvalue weighted by Crippen LogP contribution is 2.31. The summed E-state index contributed by atoms with van der Waals surface area (Å²) in [4.78, 5) is 19.7. The quantitative estimate of drug-likeness (QED) is 0.420. The first-order valence-corrected chi connectivity index (χ1v) is 7.68. The minimum Gasteiger partial charge on any atom is -0.350 e. The van der Waals surface area contributed by atoms with E-state index in [0.717, 1.165) is 6.33 Å². The third-order valence-electron chi connectivity index (χ3n) is 2.98. The molecule has 0 aromatic carbocycles. The molecule has 20 heavy (non-hydrogen) atoms. The number of nitrogens with zero attached hydrogens (tertiary/aromatic N) is 4. The Labute approximate surface area is 115 Å². The van der Waals surface area contributed by atoms with E-state index < -0.39 is 14.8 Å². The van der Waals surface area contributed by atoms with Crippen LogP contribution in [0.1, 0.15) is 6.42 Å². The summed E-state index contributed by atoms with van der Waals surface area (Å²) >= 11 is 0. The summed E-state index contributed by atoms with van der Waals surface area (Å²) in [6, 6.07) is 0. The fourth-order valence-electron chi connectivity index (χ4n) is 2.02. The maximum Gasteiger partial charge on any atom is 0.354 e. The highest BCUT2D eigenvalue weighted by Gasteiger charge is 2.29. The van der Waals surface area contributed by atoms with Gasteiger partial charge < -0.3 is 10.3 Å². The average Bonchev–Trinajstić information content (AvgIpc) is 2.58. The first kappa shape index (κ1) is 14.4. The number of sulfone groups is 1. The summed E-state index contributed by atoms with van der Waals surface area (Å²) in [5.74, 6) is 5.19. The number of nitrogens with two attached hydrogens (primary N) is 1. The van der Waals surface area contributed by atoms with Gasteiger partial charge in [-0.25, -0.2) is 24.2 Å². The van der Waals surface area contributed by atoms with Gasteiger partial charge in [-0.1, -0.05) is 0 Å². The van der Waals surface area contributed by atoms with Gasteiger partial charge in [0.1, 0.15) is 6.33 Å². The van der Waals surface area contributed by atoms with E-state index in [9.17, 15) is 18.5 Å². The fraction of sp³-hybridized carbons (Fsp3) is 0.556. The van der Waals surface area contributed by atoms with Gasteiger partial charge in [0.2, 0.25) is 11.6 Å². The summed E-state index contributed by atoms with van der Waals surface area (Å²) in [5.41, 5.74) is 1.80. The SMILES string of the molecule is NNc1ncnc(N2CCCS(=O)(=O)CC2)c1[N+](=O)[O-]. The molecular weight excluding hydrogens is 288 g/mol. The van der Waals surface area contributed by atoms with E-state index in [1.54, 1.807) is 4.90 Å². The van der Waals surface area contributed by atoms with Crippen molar-refractivity contribution in [3.8, 4) is 0 Å². The van der Waals surface area contributed by atoms with E-state index in [4.69, 9.17) is 5.84 Å². The molecule has 11 heteroatoms. The van der Waals surface area contributed by atoms with Crippen LogP contribution in [0, 0.1) is 10.1 Å². The lowest BCUT2D eigenvalue weighted by atomic mass is 10.3. The van der Waals surface area contributed by atoms with Crippen LogP contribution in [-0.2, 0) is 9.84 Å². The Balaban J connectivity index is 2.39. The molecule has 1 aliphatic rings. The molecule has 110 valence electrons. The van der Waals surface area contributed by atoms with Crippen molar-refractivity contribution in [1.29, 1.82) is 0 Å². The van der Waals surface area contributed by atoms with Crippen LogP contribution in [0.15, 0.2) is 6.33 Å². The minimum absolute atomic E-state index is 0.0560. The predicted molar refractivity (Wildman–Crippen MR) is 72.0 cm³/mol. The molecular formula is C9H14N6O4S. The molecule has 0 unspecified atom stereocenters. The molecule has 0 radical (unpaired) electrons. The van der Waals surface area contributed by atoms with Crippen LogP contribution in [0.25, 0.3) is 0 Å². The van der Waals surface area contributed by atoms with Crippen LogP contribution in [0.2, 0.25) is 0 Å². The van der Waals surface area contributed by atoms with Gasteiger partial charge in [0.25, 0.3) is 0 Å².